The fourth-order valence-electron chi connectivity index (χ4n) is 2.44. The maximum Gasteiger partial charge on any atom is 0.277 e. The second kappa shape index (κ2) is 10.2. The predicted molar refractivity (Wildman–Crippen MR) is 110 cm³/mol. The number of ether oxygens (including phenoxy) is 1. The molecule has 5 heteroatoms. The van der Waals surface area contributed by atoms with Gasteiger partial charge in [0, 0.05) is 3.57 Å². The van der Waals surface area contributed by atoms with Gasteiger partial charge in [0.2, 0.25) is 0 Å². The molecule has 0 saturated heterocycles. The first kappa shape index (κ1) is 19.4. The highest BCUT2D eigenvalue weighted by molar-refractivity contribution is 14.1. The molecule has 1 N–H and O–H groups in total. The summed E-state index contributed by atoms with van der Waals surface area (Å²) in [6.45, 7) is 4.35. The highest BCUT2D eigenvalue weighted by Gasteiger charge is 2.05. The lowest BCUT2D eigenvalue weighted by molar-refractivity contribution is -0.123. The van der Waals surface area contributed by atoms with Crippen LogP contribution in [0.4, 0.5) is 0 Å². The molecule has 25 heavy (non-hydrogen) atoms. The summed E-state index contributed by atoms with van der Waals surface area (Å²) < 4.78 is 6.62. The molecule has 0 aliphatic carbocycles. The number of halogens is 1. The van der Waals surface area contributed by atoms with Gasteiger partial charge in [-0.1, -0.05) is 44.5 Å². The van der Waals surface area contributed by atoms with Crippen molar-refractivity contribution in [3.05, 3.63) is 63.2 Å². The number of hydrogen-bond acceptors (Lipinski definition) is 3. The van der Waals surface area contributed by atoms with Gasteiger partial charge in [0.25, 0.3) is 5.91 Å². The molecule has 1 unspecified atom stereocenters. The van der Waals surface area contributed by atoms with E-state index < -0.39 is 0 Å². The third-order valence-electron chi connectivity index (χ3n) is 3.79. The zero-order valence-corrected chi connectivity index (χ0v) is 16.7. The van der Waals surface area contributed by atoms with Crippen molar-refractivity contribution in [3.8, 4) is 5.75 Å². The number of rotatable bonds is 8. The minimum Gasteiger partial charge on any atom is -0.484 e. The van der Waals surface area contributed by atoms with Crippen LogP contribution in [0.5, 0.6) is 5.75 Å². The highest BCUT2D eigenvalue weighted by atomic mass is 127. The minimum absolute atomic E-state index is 0.0620. The summed E-state index contributed by atoms with van der Waals surface area (Å²) in [5.41, 5.74) is 4.70. The van der Waals surface area contributed by atoms with E-state index in [9.17, 15) is 4.79 Å². The van der Waals surface area contributed by atoms with Crippen molar-refractivity contribution in [2.24, 2.45) is 5.10 Å². The van der Waals surface area contributed by atoms with E-state index in [1.807, 2.05) is 36.4 Å². The lowest BCUT2D eigenvalue weighted by atomic mass is 9.97. The number of benzene rings is 2. The molecule has 2 aromatic rings. The maximum atomic E-state index is 11.8. The van der Waals surface area contributed by atoms with Gasteiger partial charge < -0.3 is 4.74 Å². The van der Waals surface area contributed by atoms with Gasteiger partial charge in [-0.15, -0.1) is 0 Å². The Balaban J connectivity index is 1.78. The van der Waals surface area contributed by atoms with Gasteiger partial charge >= 0.3 is 0 Å². The van der Waals surface area contributed by atoms with Crippen LogP contribution in [0.15, 0.2) is 53.6 Å². The second-order valence-electron chi connectivity index (χ2n) is 5.90. The van der Waals surface area contributed by atoms with E-state index in [0.717, 1.165) is 9.13 Å². The summed E-state index contributed by atoms with van der Waals surface area (Å²) in [5.74, 6) is 0.937. The Hall–Kier alpha value is -1.89. The summed E-state index contributed by atoms with van der Waals surface area (Å²) >= 11 is 2.23. The van der Waals surface area contributed by atoms with Gasteiger partial charge in [-0.05, 0) is 70.3 Å². The van der Waals surface area contributed by atoms with Crippen LogP contribution in [0.25, 0.3) is 0 Å². The van der Waals surface area contributed by atoms with Crippen LogP contribution in [-0.4, -0.2) is 18.7 Å². The largest absolute Gasteiger partial charge is 0.484 e. The van der Waals surface area contributed by atoms with Crippen LogP contribution in [0, 0.1) is 3.57 Å². The van der Waals surface area contributed by atoms with Crippen molar-refractivity contribution >= 4 is 34.7 Å². The maximum absolute atomic E-state index is 11.8. The molecule has 0 aliphatic heterocycles. The van der Waals surface area contributed by atoms with Gasteiger partial charge in [0.15, 0.2) is 6.61 Å². The van der Waals surface area contributed by atoms with Crippen molar-refractivity contribution in [2.45, 2.75) is 32.6 Å². The molecule has 2 rings (SSSR count). The summed E-state index contributed by atoms with van der Waals surface area (Å²) in [4.78, 5) is 11.8. The molecule has 0 heterocycles. The first-order chi connectivity index (χ1) is 12.1. The van der Waals surface area contributed by atoms with Crippen molar-refractivity contribution in [1.29, 1.82) is 0 Å². The number of nitrogens with one attached hydrogen (secondary N) is 1. The van der Waals surface area contributed by atoms with Gasteiger partial charge in [-0.25, -0.2) is 5.43 Å². The molecule has 0 spiro atoms. The Morgan fingerprint density at radius 3 is 2.72 bits per heavy atom. The average molecular weight is 450 g/mol. The Labute approximate surface area is 162 Å². The van der Waals surface area contributed by atoms with Crippen molar-refractivity contribution in [3.63, 3.8) is 0 Å². The third kappa shape index (κ3) is 6.86. The van der Waals surface area contributed by atoms with E-state index in [-0.39, 0.29) is 12.5 Å². The molecule has 0 fully saturated rings. The Morgan fingerprint density at radius 1 is 1.28 bits per heavy atom. The fraction of sp³-hybridized carbons (Fsp3) is 0.300. The topological polar surface area (TPSA) is 50.7 Å². The predicted octanol–water partition coefficient (Wildman–Crippen LogP) is 4.72. The molecule has 0 saturated carbocycles. The fourth-order valence-corrected chi connectivity index (χ4v) is 3.01. The Bertz CT molecular complexity index is 714. The number of hydrazone groups is 1. The molecule has 0 bridgehead atoms. The highest BCUT2D eigenvalue weighted by Crippen LogP contribution is 2.22. The van der Waals surface area contributed by atoms with Gasteiger partial charge in [-0.2, -0.15) is 5.10 Å². The molecule has 1 atom stereocenters. The number of carbonyl (C=O) groups is 1. The first-order valence-corrected chi connectivity index (χ1v) is 9.46. The van der Waals surface area contributed by atoms with Crippen molar-refractivity contribution < 1.29 is 9.53 Å². The van der Waals surface area contributed by atoms with E-state index in [0.29, 0.717) is 11.7 Å². The summed E-state index contributed by atoms with van der Waals surface area (Å²) in [6.07, 6.45) is 3.95. The molecule has 1 amide bonds. The molecule has 0 aromatic heterocycles. The molecular formula is C20H23IN2O2. The molecule has 2 aromatic carbocycles. The van der Waals surface area contributed by atoms with Crippen LogP contribution in [-0.2, 0) is 4.79 Å². The van der Waals surface area contributed by atoms with E-state index in [4.69, 9.17) is 4.74 Å². The minimum atomic E-state index is -0.287. The number of hydrogen-bond donors (Lipinski definition) is 1. The van der Waals surface area contributed by atoms with E-state index in [1.165, 1.54) is 18.4 Å². The Morgan fingerprint density at radius 2 is 2.04 bits per heavy atom. The first-order valence-electron chi connectivity index (χ1n) is 8.38. The standard InChI is InChI=1S/C20H23IN2O2/c1-3-5-15(2)17-8-10-19(11-9-17)25-14-20(24)23-22-13-16-6-4-7-18(21)12-16/h4,6-13,15H,3,5,14H2,1-2H3,(H,23,24)/b22-13+. The molecule has 0 aliphatic rings. The van der Waals surface area contributed by atoms with Gasteiger partial charge in [0.05, 0.1) is 6.21 Å². The lowest BCUT2D eigenvalue weighted by Crippen LogP contribution is -2.24. The van der Waals surface area contributed by atoms with Crippen LogP contribution >= 0.6 is 22.6 Å². The quantitative estimate of drug-likeness (QED) is 0.360. The number of carbonyl (C=O) groups excluding carboxylic acids is 1. The van der Waals surface area contributed by atoms with Crippen LogP contribution < -0.4 is 10.2 Å². The summed E-state index contributed by atoms with van der Waals surface area (Å²) in [6, 6.07) is 15.8. The molecule has 132 valence electrons. The second-order valence-corrected chi connectivity index (χ2v) is 7.14. The molecule has 0 radical (unpaired) electrons. The van der Waals surface area contributed by atoms with Crippen LogP contribution in [0.3, 0.4) is 0 Å². The monoisotopic (exact) mass is 450 g/mol. The summed E-state index contributed by atoms with van der Waals surface area (Å²) in [7, 11) is 0. The number of nitrogens with zero attached hydrogens (tertiary/aromatic N) is 1. The zero-order valence-electron chi connectivity index (χ0n) is 14.5. The normalized spacial score (nSPS) is 12.1. The van der Waals surface area contributed by atoms with Crippen molar-refractivity contribution in [2.75, 3.05) is 6.61 Å². The molecule has 4 nitrogen and oxygen atoms in total. The van der Waals surface area contributed by atoms with E-state index >= 15 is 0 Å². The van der Waals surface area contributed by atoms with E-state index in [2.05, 4.69) is 59.1 Å². The SMILES string of the molecule is CCCC(C)c1ccc(OCC(=O)N/N=C/c2cccc(I)c2)cc1. The summed E-state index contributed by atoms with van der Waals surface area (Å²) in [5, 5.41) is 3.94. The molecular weight excluding hydrogens is 427 g/mol. The third-order valence-corrected chi connectivity index (χ3v) is 4.46. The zero-order chi connectivity index (χ0) is 18.1. The van der Waals surface area contributed by atoms with Crippen LogP contribution in [0.2, 0.25) is 0 Å². The van der Waals surface area contributed by atoms with Gasteiger partial charge in [-0.3, -0.25) is 4.79 Å². The average Bonchev–Trinajstić information content (AvgIpc) is 2.61. The Kier molecular flexibility index (Phi) is 7.91. The van der Waals surface area contributed by atoms with E-state index in [1.54, 1.807) is 6.21 Å². The smallest absolute Gasteiger partial charge is 0.277 e. The van der Waals surface area contributed by atoms with Crippen molar-refractivity contribution in [1.82, 2.24) is 5.43 Å². The van der Waals surface area contributed by atoms with Crippen LogP contribution in [0.1, 0.15) is 43.7 Å². The number of amides is 1. The lowest BCUT2D eigenvalue weighted by Gasteiger charge is -2.11. The van der Waals surface area contributed by atoms with Gasteiger partial charge in [0.1, 0.15) is 5.75 Å².